The highest BCUT2D eigenvalue weighted by molar-refractivity contribution is 5.86. The monoisotopic (exact) mass is 258 g/mol. The molecule has 0 radical (unpaired) electrons. The van der Waals surface area contributed by atoms with Crippen LogP contribution in [0.2, 0.25) is 0 Å². The standard InChI is InChI=1S/C12H22N2O4/c1-12(5-3-4-6-14-12)11(17)13-8-9(18-2)7-10(15)16/h9,14H,3-8H2,1-2H3,(H,13,17)(H,15,16). The van der Waals surface area contributed by atoms with E-state index in [1.807, 2.05) is 6.92 Å². The number of nitrogens with one attached hydrogen (secondary N) is 2. The Kier molecular flexibility index (Phi) is 5.55. The Hall–Kier alpha value is -1.14. The van der Waals surface area contributed by atoms with Crippen molar-refractivity contribution in [3.8, 4) is 0 Å². The maximum Gasteiger partial charge on any atom is 0.306 e. The summed E-state index contributed by atoms with van der Waals surface area (Å²) in [6.45, 7) is 2.94. The van der Waals surface area contributed by atoms with Gasteiger partial charge in [0.25, 0.3) is 0 Å². The third kappa shape index (κ3) is 4.27. The molecule has 104 valence electrons. The number of amides is 1. The molecular weight excluding hydrogens is 236 g/mol. The van der Waals surface area contributed by atoms with E-state index in [9.17, 15) is 9.59 Å². The molecule has 3 N–H and O–H groups in total. The Morgan fingerprint density at radius 1 is 1.50 bits per heavy atom. The average Bonchev–Trinajstić information content (AvgIpc) is 2.34. The quantitative estimate of drug-likeness (QED) is 0.630. The number of methoxy groups -OCH3 is 1. The van der Waals surface area contributed by atoms with Crippen molar-refractivity contribution in [1.29, 1.82) is 0 Å². The summed E-state index contributed by atoms with van der Waals surface area (Å²) in [4.78, 5) is 22.6. The van der Waals surface area contributed by atoms with Crippen molar-refractivity contribution in [3.05, 3.63) is 0 Å². The highest BCUT2D eigenvalue weighted by Gasteiger charge is 2.34. The Morgan fingerprint density at radius 3 is 2.72 bits per heavy atom. The number of carbonyl (C=O) groups excluding carboxylic acids is 1. The number of carboxylic acid groups (broad SMARTS) is 1. The number of hydrogen-bond acceptors (Lipinski definition) is 4. The number of carboxylic acids is 1. The fraction of sp³-hybridized carbons (Fsp3) is 0.833. The lowest BCUT2D eigenvalue weighted by atomic mass is 9.90. The minimum absolute atomic E-state index is 0.0883. The first-order valence-electron chi connectivity index (χ1n) is 6.26. The molecule has 2 unspecified atom stereocenters. The van der Waals surface area contributed by atoms with E-state index in [1.165, 1.54) is 7.11 Å². The lowest BCUT2D eigenvalue weighted by molar-refractivity contribution is -0.140. The Bertz CT molecular complexity index is 300. The first-order valence-corrected chi connectivity index (χ1v) is 6.26. The van der Waals surface area contributed by atoms with E-state index >= 15 is 0 Å². The van der Waals surface area contributed by atoms with Gasteiger partial charge < -0.3 is 20.5 Å². The van der Waals surface area contributed by atoms with Crippen LogP contribution in [0.3, 0.4) is 0 Å². The Morgan fingerprint density at radius 2 is 2.22 bits per heavy atom. The normalized spacial score (nSPS) is 25.4. The number of hydrogen-bond donors (Lipinski definition) is 3. The summed E-state index contributed by atoms with van der Waals surface area (Å²) in [5, 5.41) is 14.6. The molecule has 2 atom stereocenters. The van der Waals surface area contributed by atoms with Gasteiger partial charge >= 0.3 is 5.97 Å². The van der Waals surface area contributed by atoms with Gasteiger partial charge in [-0.05, 0) is 32.7 Å². The van der Waals surface area contributed by atoms with Gasteiger partial charge in [-0.2, -0.15) is 0 Å². The molecule has 6 nitrogen and oxygen atoms in total. The van der Waals surface area contributed by atoms with Crippen LogP contribution in [-0.4, -0.2) is 48.8 Å². The van der Waals surface area contributed by atoms with Crippen molar-refractivity contribution in [1.82, 2.24) is 10.6 Å². The summed E-state index contributed by atoms with van der Waals surface area (Å²) in [6.07, 6.45) is 2.32. The molecule has 0 aromatic heterocycles. The molecule has 1 amide bonds. The minimum atomic E-state index is -0.932. The second-order valence-electron chi connectivity index (χ2n) is 4.88. The van der Waals surface area contributed by atoms with Crippen LogP contribution in [0, 0.1) is 0 Å². The van der Waals surface area contributed by atoms with Gasteiger partial charge in [0.2, 0.25) is 5.91 Å². The first kappa shape index (κ1) is 14.9. The Balaban J connectivity index is 2.41. The molecule has 0 aliphatic carbocycles. The maximum absolute atomic E-state index is 12.0. The van der Waals surface area contributed by atoms with E-state index < -0.39 is 17.6 Å². The largest absolute Gasteiger partial charge is 0.481 e. The zero-order valence-corrected chi connectivity index (χ0v) is 11.0. The molecule has 0 spiro atoms. The van der Waals surface area contributed by atoms with Crippen molar-refractivity contribution in [2.45, 2.75) is 44.2 Å². The zero-order valence-electron chi connectivity index (χ0n) is 11.0. The van der Waals surface area contributed by atoms with E-state index in [1.54, 1.807) is 0 Å². The number of aliphatic carboxylic acids is 1. The molecule has 1 heterocycles. The van der Waals surface area contributed by atoms with Gasteiger partial charge in [0.1, 0.15) is 0 Å². The molecule has 6 heteroatoms. The van der Waals surface area contributed by atoms with E-state index in [0.29, 0.717) is 0 Å². The van der Waals surface area contributed by atoms with Crippen molar-refractivity contribution >= 4 is 11.9 Å². The van der Waals surface area contributed by atoms with Gasteiger partial charge in [-0.3, -0.25) is 9.59 Å². The van der Waals surface area contributed by atoms with Gasteiger partial charge in [-0.15, -0.1) is 0 Å². The predicted molar refractivity (Wildman–Crippen MR) is 66.3 cm³/mol. The molecule has 1 aliphatic rings. The molecule has 0 aromatic rings. The van der Waals surface area contributed by atoms with Crippen LogP contribution in [0.25, 0.3) is 0 Å². The molecule has 0 saturated carbocycles. The van der Waals surface area contributed by atoms with E-state index in [-0.39, 0.29) is 18.9 Å². The number of rotatable bonds is 6. The number of carbonyl (C=O) groups is 2. The van der Waals surface area contributed by atoms with Gasteiger partial charge in [0.15, 0.2) is 0 Å². The lowest BCUT2D eigenvalue weighted by Gasteiger charge is -2.33. The topological polar surface area (TPSA) is 87.7 Å². The first-order chi connectivity index (χ1) is 8.48. The molecule has 1 saturated heterocycles. The van der Waals surface area contributed by atoms with Crippen LogP contribution >= 0.6 is 0 Å². The molecule has 0 bridgehead atoms. The maximum atomic E-state index is 12.0. The van der Waals surface area contributed by atoms with E-state index in [2.05, 4.69) is 10.6 Å². The van der Waals surface area contributed by atoms with Crippen LogP contribution in [0.1, 0.15) is 32.6 Å². The third-order valence-corrected chi connectivity index (χ3v) is 3.35. The van der Waals surface area contributed by atoms with E-state index in [0.717, 1.165) is 25.8 Å². The fourth-order valence-corrected chi connectivity index (χ4v) is 2.09. The zero-order chi connectivity index (χ0) is 13.6. The molecule has 1 fully saturated rings. The molecule has 0 aromatic carbocycles. The summed E-state index contributed by atoms with van der Waals surface area (Å²) < 4.78 is 5.02. The predicted octanol–water partition coefficient (Wildman–Crippen LogP) is 0.125. The van der Waals surface area contributed by atoms with Crippen LogP contribution in [0.5, 0.6) is 0 Å². The van der Waals surface area contributed by atoms with Crippen molar-refractivity contribution in [2.24, 2.45) is 0 Å². The molecule has 1 rings (SSSR count). The fourth-order valence-electron chi connectivity index (χ4n) is 2.09. The number of piperidine rings is 1. The average molecular weight is 258 g/mol. The highest BCUT2D eigenvalue weighted by Crippen LogP contribution is 2.18. The molecule has 18 heavy (non-hydrogen) atoms. The number of ether oxygens (including phenoxy) is 1. The summed E-state index contributed by atoms with van der Waals surface area (Å²) in [6, 6.07) is 0. The highest BCUT2D eigenvalue weighted by atomic mass is 16.5. The summed E-state index contributed by atoms with van der Waals surface area (Å²) in [5.74, 6) is -1.02. The lowest BCUT2D eigenvalue weighted by Crippen LogP contribution is -2.57. The second-order valence-corrected chi connectivity index (χ2v) is 4.88. The minimum Gasteiger partial charge on any atom is -0.481 e. The molecular formula is C12H22N2O4. The van der Waals surface area contributed by atoms with Gasteiger partial charge in [0, 0.05) is 13.7 Å². The Labute approximate surface area is 107 Å². The van der Waals surface area contributed by atoms with Crippen LogP contribution < -0.4 is 10.6 Å². The van der Waals surface area contributed by atoms with Gasteiger partial charge in [-0.1, -0.05) is 0 Å². The summed E-state index contributed by atoms with van der Waals surface area (Å²) in [5.41, 5.74) is -0.542. The smallest absolute Gasteiger partial charge is 0.306 e. The van der Waals surface area contributed by atoms with Crippen LogP contribution in [0.4, 0.5) is 0 Å². The van der Waals surface area contributed by atoms with Crippen LogP contribution in [0.15, 0.2) is 0 Å². The van der Waals surface area contributed by atoms with Gasteiger partial charge in [0.05, 0.1) is 18.1 Å². The van der Waals surface area contributed by atoms with Crippen molar-refractivity contribution in [2.75, 3.05) is 20.2 Å². The van der Waals surface area contributed by atoms with Gasteiger partial charge in [-0.25, -0.2) is 0 Å². The SMILES string of the molecule is COC(CNC(=O)C1(C)CCCCN1)CC(=O)O. The van der Waals surface area contributed by atoms with Crippen LogP contribution in [-0.2, 0) is 14.3 Å². The third-order valence-electron chi connectivity index (χ3n) is 3.35. The van der Waals surface area contributed by atoms with Crippen molar-refractivity contribution in [3.63, 3.8) is 0 Å². The second kappa shape index (κ2) is 6.70. The summed E-state index contributed by atoms with van der Waals surface area (Å²) >= 11 is 0. The molecule has 1 aliphatic heterocycles. The van der Waals surface area contributed by atoms with Crippen molar-refractivity contribution < 1.29 is 19.4 Å². The summed E-state index contributed by atoms with van der Waals surface area (Å²) in [7, 11) is 1.44. The van der Waals surface area contributed by atoms with E-state index in [4.69, 9.17) is 9.84 Å².